The number of rotatable bonds is 9. The minimum absolute atomic E-state index is 0.278. The van der Waals surface area contributed by atoms with Crippen LogP contribution in [-0.4, -0.2) is 46.9 Å². The summed E-state index contributed by atoms with van der Waals surface area (Å²) in [6.07, 6.45) is 6.40. The molecule has 4 rings (SSSR count). The number of para-hydroxylation sites is 1. The minimum atomic E-state index is -0.403. The van der Waals surface area contributed by atoms with Crippen LogP contribution in [0.3, 0.4) is 0 Å². The van der Waals surface area contributed by atoms with Crippen LogP contribution in [0.5, 0.6) is 11.5 Å². The lowest BCUT2D eigenvalue weighted by Crippen LogP contribution is -2.39. The molecule has 1 atom stereocenters. The molecule has 1 aliphatic rings. The average Bonchev–Trinajstić information content (AvgIpc) is 3.14. The molecule has 0 radical (unpaired) electrons. The van der Waals surface area contributed by atoms with E-state index >= 15 is 0 Å². The van der Waals surface area contributed by atoms with Gasteiger partial charge in [-0.1, -0.05) is 24.3 Å². The van der Waals surface area contributed by atoms with Gasteiger partial charge < -0.3 is 18.8 Å². The van der Waals surface area contributed by atoms with Crippen molar-refractivity contribution >= 4 is 0 Å². The van der Waals surface area contributed by atoms with E-state index in [1.54, 1.807) is 31.5 Å². The molecule has 176 valence electrons. The molecule has 6 nitrogen and oxygen atoms in total. The predicted molar refractivity (Wildman–Crippen MR) is 125 cm³/mol. The van der Waals surface area contributed by atoms with Crippen molar-refractivity contribution in [3.63, 3.8) is 0 Å². The van der Waals surface area contributed by atoms with Crippen LogP contribution in [-0.2, 0) is 24.9 Å². The van der Waals surface area contributed by atoms with Gasteiger partial charge in [-0.15, -0.1) is 0 Å². The Hall–Kier alpha value is -2.90. The van der Waals surface area contributed by atoms with Gasteiger partial charge in [0, 0.05) is 39.6 Å². The zero-order valence-corrected chi connectivity index (χ0v) is 19.4. The van der Waals surface area contributed by atoms with Gasteiger partial charge in [-0.2, -0.15) is 0 Å². The number of nitrogens with zero attached hydrogens (tertiary/aromatic N) is 3. The number of aromatic nitrogens is 2. The summed E-state index contributed by atoms with van der Waals surface area (Å²) in [4.78, 5) is 6.72. The van der Waals surface area contributed by atoms with E-state index in [-0.39, 0.29) is 11.6 Å². The Morgan fingerprint density at radius 1 is 1.03 bits per heavy atom. The summed E-state index contributed by atoms with van der Waals surface area (Å²) in [5, 5.41) is 0. The fourth-order valence-electron chi connectivity index (χ4n) is 4.19. The Labute approximate surface area is 194 Å². The lowest BCUT2D eigenvalue weighted by atomic mass is 9.95. The van der Waals surface area contributed by atoms with Crippen molar-refractivity contribution in [3.8, 4) is 11.5 Å². The molecule has 7 heteroatoms. The molecule has 33 heavy (non-hydrogen) atoms. The second kappa shape index (κ2) is 10.8. The van der Waals surface area contributed by atoms with Crippen molar-refractivity contribution in [3.05, 3.63) is 78.1 Å². The van der Waals surface area contributed by atoms with Crippen LogP contribution in [0.1, 0.15) is 30.7 Å². The summed E-state index contributed by atoms with van der Waals surface area (Å²) in [7, 11) is 3.68. The monoisotopic (exact) mass is 453 g/mol. The SMILES string of the molecule is CO[C@]1(COc2ccccc2F)CCCN(Cc2ccc(OCc3nccn3C)cc2)CC1. The third-order valence-electron chi connectivity index (χ3n) is 6.37. The molecular formula is C26H32FN3O3. The lowest BCUT2D eigenvalue weighted by molar-refractivity contribution is -0.0548. The second-order valence-corrected chi connectivity index (χ2v) is 8.62. The summed E-state index contributed by atoms with van der Waals surface area (Å²) < 4.78 is 33.5. The van der Waals surface area contributed by atoms with Gasteiger partial charge in [0.15, 0.2) is 11.6 Å². The molecule has 3 aromatic rings. The van der Waals surface area contributed by atoms with Crippen LogP contribution < -0.4 is 9.47 Å². The quantitative estimate of drug-likeness (QED) is 0.474. The van der Waals surface area contributed by atoms with E-state index in [1.807, 2.05) is 29.9 Å². The van der Waals surface area contributed by atoms with Gasteiger partial charge in [-0.05, 0) is 55.6 Å². The normalized spacial score (nSPS) is 19.2. The second-order valence-electron chi connectivity index (χ2n) is 8.62. The van der Waals surface area contributed by atoms with Gasteiger partial charge in [0.05, 0.1) is 0 Å². The van der Waals surface area contributed by atoms with E-state index in [0.29, 0.717) is 13.2 Å². The van der Waals surface area contributed by atoms with E-state index in [2.05, 4.69) is 22.0 Å². The number of methoxy groups -OCH3 is 1. The summed E-state index contributed by atoms with van der Waals surface area (Å²) in [6, 6.07) is 14.8. The maximum absolute atomic E-state index is 13.9. The third kappa shape index (κ3) is 6.12. The van der Waals surface area contributed by atoms with Crippen molar-refractivity contribution < 1.29 is 18.6 Å². The summed E-state index contributed by atoms with van der Waals surface area (Å²) >= 11 is 0. The van der Waals surface area contributed by atoms with E-state index in [4.69, 9.17) is 14.2 Å². The number of halogens is 1. The smallest absolute Gasteiger partial charge is 0.165 e. The molecule has 0 saturated carbocycles. The van der Waals surface area contributed by atoms with Crippen molar-refractivity contribution in [1.29, 1.82) is 0 Å². The number of imidazole rings is 1. The number of hydrogen-bond donors (Lipinski definition) is 0. The number of ether oxygens (including phenoxy) is 3. The molecule has 0 spiro atoms. The highest BCUT2D eigenvalue weighted by molar-refractivity contribution is 5.27. The molecule has 1 aliphatic heterocycles. The maximum Gasteiger partial charge on any atom is 0.165 e. The Bertz CT molecular complexity index is 1020. The molecule has 0 N–H and O–H groups in total. The van der Waals surface area contributed by atoms with Crippen LogP contribution in [0, 0.1) is 5.82 Å². The highest BCUT2D eigenvalue weighted by Gasteiger charge is 2.34. The number of benzene rings is 2. The molecule has 2 aromatic carbocycles. The van der Waals surface area contributed by atoms with Gasteiger partial charge >= 0.3 is 0 Å². The Kier molecular flexibility index (Phi) is 7.62. The third-order valence-corrected chi connectivity index (χ3v) is 6.37. The molecule has 1 fully saturated rings. The van der Waals surface area contributed by atoms with Crippen LogP contribution in [0.15, 0.2) is 60.9 Å². The van der Waals surface area contributed by atoms with E-state index in [9.17, 15) is 4.39 Å². The largest absolute Gasteiger partial charge is 0.488 e. The molecule has 0 bridgehead atoms. The van der Waals surface area contributed by atoms with Gasteiger partial charge in [-0.3, -0.25) is 4.90 Å². The first-order valence-corrected chi connectivity index (χ1v) is 11.4. The fourth-order valence-corrected chi connectivity index (χ4v) is 4.19. The maximum atomic E-state index is 13.9. The average molecular weight is 454 g/mol. The van der Waals surface area contributed by atoms with Gasteiger partial charge in [-0.25, -0.2) is 9.37 Å². The standard InChI is InChI=1S/C26H32FN3O3/c1-29-17-14-28-25(29)19-32-22-10-8-21(9-11-22)18-30-15-5-12-26(31-2,13-16-30)20-33-24-7-4-3-6-23(24)27/h3-4,6-11,14,17H,5,12-13,15-16,18-20H2,1-2H3/t26-/m1/s1. The Balaban J connectivity index is 1.29. The highest BCUT2D eigenvalue weighted by Crippen LogP contribution is 2.29. The zero-order chi connectivity index (χ0) is 23.1. The summed E-state index contributed by atoms with van der Waals surface area (Å²) in [5.74, 6) is 1.66. The zero-order valence-electron chi connectivity index (χ0n) is 19.4. The molecule has 1 saturated heterocycles. The molecule has 1 aromatic heterocycles. The van der Waals surface area contributed by atoms with Gasteiger partial charge in [0.1, 0.15) is 30.4 Å². The summed E-state index contributed by atoms with van der Waals surface area (Å²) in [6.45, 7) is 3.55. The minimum Gasteiger partial charge on any atom is -0.488 e. The van der Waals surface area contributed by atoms with Crippen molar-refractivity contribution in [2.45, 2.75) is 38.0 Å². The Morgan fingerprint density at radius 2 is 1.85 bits per heavy atom. The first kappa shape index (κ1) is 23.3. The van der Waals surface area contributed by atoms with Crippen LogP contribution in [0.2, 0.25) is 0 Å². The van der Waals surface area contributed by atoms with E-state index in [0.717, 1.165) is 50.5 Å². The molecule has 0 aliphatic carbocycles. The fraction of sp³-hybridized carbons (Fsp3) is 0.423. The van der Waals surface area contributed by atoms with Crippen molar-refractivity contribution in [2.75, 3.05) is 26.8 Å². The van der Waals surface area contributed by atoms with Crippen molar-refractivity contribution in [2.24, 2.45) is 7.05 Å². The number of likely N-dealkylation sites (tertiary alicyclic amines) is 1. The molecule has 2 heterocycles. The van der Waals surface area contributed by atoms with E-state index in [1.165, 1.54) is 11.6 Å². The predicted octanol–water partition coefficient (Wildman–Crippen LogP) is 4.59. The number of hydrogen-bond acceptors (Lipinski definition) is 5. The Morgan fingerprint density at radius 3 is 2.58 bits per heavy atom. The van der Waals surface area contributed by atoms with Crippen LogP contribution in [0.25, 0.3) is 0 Å². The molecule has 0 unspecified atom stereocenters. The number of aryl methyl sites for hydroxylation is 1. The van der Waals surface area contributed by atoms with Crippen molar-refractivity contribution in [1.82, 2.24) is 14.5 Å². The van der Waals surface area contributed by atoms with Crippen LogP contribution >= 0.6 is 0 Å². The first-order chi connectivity index (χ1) is 16.1. The van der Waals surface area contributed by atoms with Gasteiger partial charge in [0.25, 0.3) is 0 Å². The van der Waals surface area contributed by atoms with E-state index < -0.39 is 5.60 Å². The molecule has 0 amide bonds. The van der Waals surface area contributed by atoms with Gasteiger partial charge in [0.2, 0.25) is 0 Å². The molecular weight excluding hydrogens is 421 g/mol. The highest BCUT2D eigenvalue weighted by atomic mass is 19.1. The first-order valence-electron chi connectivity index (χ1n) is 11.4. The topological polar surface area (TPSA) is 48.8 Å². The summed E-state index contributed by atoms with van der Waals surface area (Å²) in [5.41, 5.74) is 0.839. The van der Waals surface area contributed by atoms with Crippen LogP contribution in [0.4, 0.5) is 4.39 Å². The lowest BCUT2D eigenvalue weighted by Gasteiger charge is -2.31.